The SMILES string of the molecule is Cc1ccc([C@@H](C)NC(=O)CN2CCN(CC(=O)Nc3ccc(F)cc3)CC2)cc1C. The van der Waals surface area contributed by atoms with Crippen LogP contribution in [0.4, 0.5) is 10.1 Å². The van der Waals surface area contributed by atoms with Crippen LogP contribution in [0.5, 0.6) is 0 Å². The Bertz CT molecular complexity index is 908. The van der Waals surface area contributed by atoms with Crippen LogP contribution in [0, 0.1) is 19.7 Å². The summed E-state index contributed by atoms with van der Waals surface area (Å²) in [6, 6.07) is 12.0. The van der Waals surface area contributed by atoms with E-state index >= 15 is 0 Å². The van der Waals surface area contributed by atoms with Gasteiger partial charge in [0.2, 0.25) is 11.8 Å². The quantitative estimate of drug-likeness (QED) is 0.715. The first kappa shape index (κ1) is 22.9. The van der Waals surface area contributed by atoms with Crippen LogP contribution in [-0.4, -0.2) is 60.9 Å². The van der Waals surface area contributed by atoms with Gasteiger partial charge in [-0.15, -0.1) is 0 Å². The van der Waals surface area contributed by atoms with Crippen molar-refractivity contribution in [1.82, 2.24) is 15.1 Å². The summed E-state index contributed by atoms with van der Waals surface area (Å²) in [5, 5.41) is 5.86. The average Bonchev–Trinajstić information content (AvgIpc) is 2.73. The fraction of sp³-hybridized carbons (Fsp3) is 0.417. The van der Waals surface area contributed by atoms with Gasteiger partial charge in [0.25, 0.3) is 0 Å². The van der Waals surface area contributed by atoms with Gasteiger partial charge in [-0.05, 0) is 61.7 Å². The van der Waals surface area contributed by atoms with Crippen molar-refractivity contribution in [1.29, 1.82) is 0 Å². The highest BCUT2D eigenvalue weighted by atomic mass is 19.1. The van der Waals surface area contributed by atoms with Crippen molar-refractivity contribution in [3.05, 3.63) is 65.0 Å². The van der Waals surface area contributed by atoms with Crippen molar-refractivity contribution >= 4 is 17.5 Å². The van der Waals surface area contributed by atoms with E-state index in [-0.39, 0.29) is 30.2 Å². The zero-order valence-corrected chi connectivity index (χ0v) is 18.5. The lowest BCUT2D eigenvalue weighted by Crippen LogP contribution is -2.51. The maximum absolute atomic E-state index is 13.0. The fourth-order valence-corrected chi connectivity index (χ4v) is 3.65. The second-order valence-corrected chi connectivity index (χ2v) is 8.24. The second-order valence-electron chi connectivity index (χ2n) is 8.24. The molecule has 2 aromatic carbocycles. The lowest BCUT2D eigenvalue weighted by molar-refractivity contribution is -0.124. The maximum Gasteiger partial charge on any atom is 0.238 e. The molecule has 1 fully saturated rings. The van der Waals surface area contributed by atoms with Crippen molar-refractivity contribution < 1.29 is 14.0 Å². The van der Waals surface area contributed by atoms with Gasteiger partial charge in [-0.1, -0.05) is 18.2 Å². The molecule has 0 saturated carbocycles. The highest BCUT2D eigenvalue weighted by Gasteiger charge is 2.21. The van der Waals surface area contributed by atoms with Crippen LogP contribution in [0.25, 0.3) is 0 Å². The molecule has 0 spiro atoms. The van der Waals surface area contributed by atoms with Crippen molar-refractivity contribution in [3.8, 4) is 0 Å². The number of anilines is 1. The number of hydrogen-bond donors (Lipinski definition) is 2. The predicted molar refractivity (Wildman–Crippen MR) is 120 cm³/mol. The summed E-state index contributed by atoms with van der Waals surface area (Å²) < 4.78 is 13.0. The number of rotatable bonds is 7. The van der Waals surface area contributed by atoms with Crippen molar-refractivity contribution in [2.24, 2.45) is 0 Å². The molecule has 2 N–H and O–H groups in total. The van der Waals surface area contributed by atoms with Crippen LogP contribution in [0.15, 0.2) is 42.5 Å². The van der Waals surface area contributed by atoms with Gasteiger partial charge in [0.05, 0.1) is 19.1 Å². The lowest BCUT2D eigenvalue weighted by Gasteiger charge is -2.34. The summed E-state index contributed by atoms with van der Waals surface area (Å²) in [5.41, 5.74) is 4.15. The summed E-state index contributed by atoms with van der Waals surface area (Å²) in [6.07, 6.45) is 0. The molecule has 2 amide bonds. The van der Waals surface area contributed by atoms with Crippen molar-refractivity contribution in [3.63, 3.8) is 0 Å². The summed E-state index contributed by atoms with van der Waals surface area (Å²) in [4.78, 5) is 28.8. The van der Waals surface area contributed by atoms with E-state index in [1.54, 1.807) is 12.1 Å². The third kappa shape index (κ3) is 6.87. The largest absolute Gasteiger partial charge is 0.348 e. The summed E-state index contributed by atoms with van der Waals surface area (Å²) in [7, 11) is 0. The van der Waals surface area contributed by atoms with E-state index < -0.39 is 0 Å². The maximum atomic E-state index is 13.0. The van der Waals surface area contributed by atoms with Gasteiger partial charge in [0, 0.05) is 31.9 Å². The minimum Gasteiger partial charge on any atom is -0.348 e. The third-order valence-electron chi connectivity index (χ3n) is 5.74. The normalized spacial score (nSPS) is 16.0. The van der Waals surface area contributed by atoms with E-state index in [9.17, 15) is 14.0 Å². The van der Waals surface area contributed by atoms with Crippen LogP contribution >= 0.6 is 0 Å². The Hall–Kier alpha value is -2.77. The number of halogens is 1. The molecule has 1 aliphatic heterocycles. The molecule has 7 heteroatoms. The molecule has 0 unspecified atom stereocenters. The molecule has 6 nitrogen and oxygen atoms in total. The number of hydrogen-bond acceptors (Lipinski definition) is 4. The van der Waals surface area contributed by atoms with Gasteiger partial charge in [-0.3, -0.25) is 19.4 Å². The number of benzene rings is 2. The smallest absolute Gasteiger partial charge is 0.238 e. The third-order valence-corrected chi connectivity index (χ3v) is 5.74. The van der Waals surface area contributed by atoms with Gasteiger partial charge in [-0.25, -0.2) is 4.39 Å². The zero-order valence-electron chi connectivity index (χ0n) is 18.5. The molecule has 2 aromatic rings. The zero-order chi connectivity index (χ0) is 22.4. The van der Waals surface area contributed by atoms with Crippen LogP contribution in [-0.2, 0) is 9.59 Å². The number of carbonyl (C=O) groups excluding carboxylic acids is 2. The fourth-order valence-electron chi connectivity index (χ4n) is 3.65. The molecule has 0 aliphatic carbocycles. The summed E-state index contributed by atoms with van der Waals surface area (Å²) >= 11 is 0. The molecule has 1 heterocycles. The topological polar surface area (TPSA) is 64.7 Å². The first-order valence-corrected chi connectivity index (χ1v) is 10.7. The number of nitrogens with one attached hydrogen (secondary N) is 2. The Balaban J connectivity index is 1.39. The molecule has 1 saturated heterocycles. The minimum absolute atomic E-state index is 0.00762. The molecule has 31 heavy (non-hydrogen) atoms. The Morgan fingerprint density at radius 2 is 1.48 bits per heavy atom. The van der Waals surface area contributed by atoms with Crippen LogP contribution in [0.3, 0.4) is 0 Å². The molecule has 3 rings (SSSR count). The molecular weight excluding hydrogens is 395 g/mol. The van der Waals surface area contributed by atoms with E-state index in [1.807, 2.05) is 6.92 Å². The molecule has 1 atom stereocenters. The second kappa shape index (κ2) is 10.5. The molecule has 166 valence electrons. The minimum atomic E-state index is -0.332. The predicted octanol–water partition coefficient (Wildman–Crippen LogP) is 2.88. The molecule has 0 aromatic heterocycles. The van der Waals surface area contributed by atoms with Gasteiger partial charge >= 0.3 is 0 Å². The molecule has 1 aliphatic rings. The first-order valence-electron chi connectivity index (χ1n) is 10.7. The monoisotopic (exact) mass is 426 g/mol. The number of amides is 2. The highest BCUT2D eigenvalue weighted by molar-refractivity contribution is 5.92. The molecule has 0 radical (unpaired) electrons. The van der Waals surface area contributed by atoms with Crippen molar-refractivity contribution in [2.45, 2.75) is 26.8 Å². The first-order chi connectivity index (χ1) is 14.8. The molecule has 0 bridgehead atoms. The van der Waals surface area contributed by atoms with E-state index in [0.29, 0.717) is 12.2 Å². The lowest BCUT2D eigenvalue weighted by atomic mass is 10.0. The number of aryl methyl sites for hydroxylation is 2. The Kier molecular flexibility index (Phi) is 7.76. The number of piperazine rings is 1. The Morgan fingerprint density at radius 1 is 0.903 bits per heavy atom. The van der Waals surface area contributed by atoms with E-state index in [0.717, 1.165) is 31.7 Å². The summed E-state index contributed by atoms with van der Waals surface area (Å²) in [6.45, 7) is 9.69. The van der Waals surface area contributed by atoms with Gasteiger partial charge < -0.3 is 10.6 Å². The number of carbonyl (C=O) groups is 2. The van der Waals surface area contributed by atoms with Gasteiger partial charge in [-0.2, -0.15) is 0 Å². The molecular formula is C24H31FN4O2. The summed E-state index contributed by atoms with van der Waals surface area (Å²) in [5.74, 6) is -0.449. The van der Waals surface area contributed by atoms with Crippen LogP contribution in [0.2, 0.25) is 0 Å². The van der Waals surface area contributed by atoms with E-state index in [1.165, 1.54) is 23.3 Å². The van der Waals surface area contributed by atoms with Gasteiger partial charge in [0.15, 0.2) is 0 Å². The standard InChI is InChI=1S/C24H31FN4O2/c1-17-4-5-20(14-18(17)2)19(3)26-23(30)15-28-10-12-29(13-11-28)16-24(31)27-22-8-6-21(25)7-9-22/h4-9,14,19H,10-13,15-16H2,1-3H3,(H,26,30)(H,27,31)/t19-/m1/s1. The van der Waals surface area contributed by atoms with Crippen molar-refractivity contribution in [2.75, 3.05) is 44.6 Å². The highest BCUT2D eigenvalue weighted by Crippen LogP contribution is 2.17. The van der Waals surface area contributed by atoms with Crippen LogP contribution in [0.1, 0.15) is 29.7 Å². The number of nitrogens with zero attached hydrogens (tertiary/aromatic N) is 2. The Morgan fingerprint density at radius 3 is 2.06 bits per heavy atom. The van der Waals surface area contributed by atoms with Gasteiger partial charge in [0.1, 0.15) is 5.82 Å². The van der Waals surface area contributed by atoms with Crippen LogP contribution < -0.4 is 10.6 Å². The van der Waals surface area contributed by atoms with E-state index in [4.69, 9.17) is 0 Å². The Labute approximate surface area is 183 Å². The average molecular weight is 427 g/mol. The van der Waals surface area contributed by atoms with E-state index in [2.05, 4.69) is 52.5 Å².